The number of hydrogen-bond donors (Lipinski definition) is 0. The predicted octanol–water partition coefficient (Wildman–Crippen LogP) is 5.54. The second-order valence-electron chi connectivity index (χ2n) is 6.31. The molecule has 3 heteroatoms. The average Bonchev–Trinajstić information content (AvgIpc) is 3.11. The topological polar surface area (TPSA) is 21.1 Å². The molecule has 0 unspecified atom stereocenters. The van der Waals surface area contributed by atoms with Gasteiger partial charge in [-0.05, 0) is 38.1 Å². The van der Waals surface area contributed by atoms with Crippen molar-refractivity contribution in [3.63, 3.8) is 0 Å². The molecule has 0 radical (unpaired) electrons. The van der Waals surface area contributed by atoms with Crippen LogP contribution < -0.4 is 4.90 Å². The first-order chi connectivity index (χ1) is 12.8. The number of anilines is 1. The number of para-hydroxylation sites is 1. The van der Waals surface area contributed by atoms with Gasteiger partial charge in [-0.15, -0.1) is 0 Å². The summed E-state index contributed by atoms with van der Waals surface area (Å²) in [5.41, 5.74) is 5.64. The van der Waals surface area contributed by atoms with Gasteiger partial charge >= 0.3 is 0 Å². The van der Waals surface area contributed by atoms with Gasteiger partial charge in [0, 0.05) is 24.3 Å². The molecule has 4 aromatic rings. The zero-order chi connectivity index (χ0) is 17.9. The lowest BCUT2D eigenvalue weighted by atomic mass is 10.1. The third kappa shape index (κ3) is 2.76. The summed E-state index contributed by atoms with van der Waals surface area (Å²) in [5, 5.41) is 6.25. The second-order valence-corrected chi connectivity index (χ2v) is 6.31. The maximum absolute atomic E-state index is 5.03. The van der Waals surface area contributed by atoms with E-state index >= 15 is 0 Å². The highest BCUT2D eigenvalue weighted by Gasteiger charge is 2.18. The number of fused-ring (bicyclic) bond motifs is 1. The lowest BCUT2D eigenvalue weighted by Gasteiger charge is -2.22. The van der Waals surface area contributed by atoms with Crippen LogP contribution in [0.5, 0.6) is 0 Å². The molecule has 0 amide bonds. The van der Waals surface area contributed by atoms with E-state index in [1.165, 1.54) is 11.1 Å². The summed E-state index contributed by atoms with van der Waals surface area (Å²) in [6, 6.07) is 27.3. The molecule has 3 aromatic carbocycles. The van der Waals surface area contributed by atoms with Crippen molar-refractivity contribution >= 4 is 16.6 Å². The predicted molar refractivity (Wildman–Crippen MR) is 110 cm³/mol. The van der Waals surface area contributed by atoms with Gasteiger partial charge in [0.1, 0.15) is 5.69 Å². The van der Waals surface area contributed by atoms with Crippen LogP contribution in [-0.2, 0) is 0 Å². The molecule has 0 atom stereocenters. The van der Waals surface area contributed by atoms with Crippen LogP contribution >= 0.6 is 0 Å². The molecule has 0 saturated carbocycles. The van der Waals surface area contributed by atoms with Gasteiger partial charge in [0.05, 0.1) is 16.6 Å². The Morgan fingerprint density at radius 1 is 0.769 bits per heavy atom. The Morgan fingerprint density at radius 3 is 2.08 bits per heavy atom. The Kier molecular flexibility index (Phi) is 4.44. The molecule has 0 saturated heterocycles. The third-order valence-electron chi connectivity index (χ3n) is 4.84. The highest BCUT2D eigenvalue weighted by molar-refractivity contribution is 6.03. The smallest absolute Gasteiger partial charge is 0.103 e. The quantitative estimate of drug-likeness (QED) is 0.475. The lowest BCUT2D eigenvalue weighted by Crippen LogP contribution is -2.21. The molecule has 0 N–H and O–H groups in total. The molecular formula is C23H23N3. The largest absolute Gasteiger partial charge is 0.371 e. The van der Waals surface area contributed by atoms with E-state index in [1.807, 2.05) is 12.1 Å². The number of rotatable bonds is 5. The Labute approximate surface area is 154 Å². The minimum absolute atomic E-state index is 0.973. The Bertz CT molecular complexity index is 1000. The van der Waals surface area contributed by atoms with E-state index in [2.05, 4.69) is 90.2 Å². The molecular weight excluding hydrogens is 318 g/mol. The fourth-order valence-corrected chi connectivity index (χ4v) is 3.54. The van der Waals surface area contributed by atoms with E-state index in [0.717, 1.165) is 35.6 Å². The maximum atomic E-state index is 5.03. The molecule has 0 bridgehead atoms. The second kappa shape index (κ2) is 7.04. The summed E-state index contributed by atoms with van der Waals surface area (Å²) in [6.07, 6.45) is 0. The van der Waals surface area contributed by atoms with Crippen molar-refractivity contribution in [2.45, 2.75) is 13.8 Å². The highest BCUT2D eigenvalue weighted by Crippen LogP contribution is 2.36. The van der Waals surface area contributed by atoms with Crippen molar-refractivity contribution in [2.75, 3.05) is 18.0 Å². The molecule has 0 fully saturated rings. The van der Waals surface area contributed by atoms with E-state index in [0.29, 0.717) is 0 Å². The van der Waals surface area contributed by atoms with Gasteiger partial charge in [-0.2, -0.15) is 5.10 Å². The fraction of sp³-hybridized carbons (Fsp3) is 0.174. The summed E-state index contributed by atoms with van der Waals surface area (Å²) in [6.45, 7) is 6.35. The summed E-state index contributed by atoms with van der Waals surface area (Å²) < 4.78 is 2.06. The van der Waals surface area contributed by atoms with Crippen molar-refractivity contribution < 1.29 is 0 Å². The molecule has 4 rings (SSSR count). The standard InChI is InChI=1S/C23H23N3/c1-3-25(4-2)20-16-11-17-21-22(20)23(18-12-7-5-8-13-18)24-26(21)19-14-9-6-10-15-19/h5-17H,3-4H2,1-2H3. The number of aromatic nitrogens is 2. The molecule has 0 aliphatic carbocycles. The zero-order valence-electron chi connectivity index (χ0n) is 15.3. The van der Waals surface area contributed by atoms with Crippen LogP contribution in [0.2, 0.25) is 0 Å². The number of nitrogens with zero attached hydrogens (tertiary/aromatic N) is 3. The van der Waals surface area contributed by atoms with Crippen LogP contribution in [0, 0.1) is 0 Å². The van der Waals surface area contributed by atoms with E-state index in [9.17, 15) is 0 Å². The van der Waals surface area contributed by atoms with Crippen LogP contribution in [0.1, 0.15) is 13.8 Å². The van der Waals surface area contributed by atoms with Gasteiger partial charge < -0.3 is 4.90 Å². The third-order valence-corrected chi connectivity index (χ3v) is 4.84. The lowest BCUT2D eigenvalue weighted by molar-refractivity contribution is 0.870. The summed E-state index contributed by atoms with van der Waals surface area (Å²) in [7, 11) is 0. The van der Waals surface area contributed by atoms with Gasteiger partial charge in [0.2, 0.25) is 0 Å². The highest BCUT2D eigenvalue weighted by atomic mass is 15.3. The normalized spacial score (nSPS) is 11.0. The monoisotopic (exact) mass is 341 g/mol. The van der Waals surface area contributed by atoms with Crippen molar-refractivity contribution in [2.24, 2.45) is 0 Å². The van der Waals surface area contributed by atoms with Crippen LogP contribution in [0.15, 0.2) is 78.9 Å². The number of hydrogen-bond acceptors (Lipinski definition) is 2. The summed E-state index contributed by atoms with van der Waals surface area (Å²) >= 11 is 0. The molecule has 0 aliphatic heterocycles. The van der Waals surface area contributed by atoms with Gasteiger partial charge in [0.25, 0.3) is 0 Å². The van der Waals surface area contributed by atoms with Crippen LogP contribution in [0.25, 0.3) is 27.8 Å². The molecule has 130 valence electrons. The average molecular weight is 341 g/mol. The zero-order valence-corrected chi connectivity index (χ0v) is 15.3. The van der Waals surface area contributed by atoms with Gasteiger partial charge in [-0.25, -0.2) is 4.68 Å². The number of benzene rings is 3. The summed E-state index contributed by atoms with van der Waals surface area (Å²) in [4.78, 5) is 2.39. The van der Waals surface area contributed by atoms with Crippen molar-refractivity contribution in [1.82, 2.24) is 9.78 Å². The van der Waals surface area contributed by atoms with E-state index in [1.54, 1.807) is 0 Å². The van der Waals surface area contributed by atoms with Crippen LogP contribution in [0.3, 0.4) is 0 Å². The molecule has 1 aromatic heterocycles. The van der Waals surface area contributed by atoms with Gasteiger partial charge in [-0.3, -0.25) is 0 Å². The molecule has 0 aliphatic rings. The Morgan fingerprint density at radius 2 is 1.42 bits per heavy atom. The van der Waals surface area contributed by atoms with E-state index in [4.69, 9.17) is 5.10 Å². The maximum Gasteiger partial charge on any atom is 0.103 e. The van der Waals surface area contributed by atoms with Crippen LogP contribution in [-0.4, -0.2) is 22.9 Å². The van der Waals surface area contributed by atoms with Gasteiger partial charge in [-0.1, -0.05) is 54.6 Å². The van der Waals surface area contributed by atoms with Gasteiger partial charge in [0.15, 0.2) is 0 Å². The minimum Gasteiger partial charge on any atom is -0.371 e. The van der Waals surface area contributed by atoms with Crippen molar-refractivity contribution in [3.05, 3.63) is 78.9 Å². The molecule has 1 heterocycles. The first-order valence-corrected chi connectivity index (χ1v) is 9.21. The first-order valence-electron chi connectivity index (χ1n) is 9.21. The fourth-order valence-electron chi connectivity index (χ4n) is 3.54. The Hall–Kier alpha value is -3.07. The van der Waals surface area contributed by atoms with Crippen molar-refractivity contribution in [1.29, 1.82) is 0 Å². The summed E-state index contributed by atoms with van der Waals surface area (Å²) in [5.74, 6) is 0. The van der Waals surface area contributed by atoms with Crippen molar-refractivity contribution in [3.8, 4) is 16.9 Å². The van der Waals surface area contributed by atoms with E-state index in [-0.39, 0.29) is 0 Å². The molecule has 26 heavy (non-hydrogen) atoms. The molecule has 0 spiro atoms. The SMILES string of the molecule is CCN(CC)c1cccc2c1c(-c1ccccc1)nn2-c1ccccc1. The van der Waals surface area contributed by atoms with Crippen LogP contribution in [0.4, 0.5) is 5.69 Å². The minimum atomic E-state index is 0.973. The first kappa shape index (κ1) is 16.4. The molecule has 3 nitrogen and oxygen atoms in total. The van der Waals surface area contributed by atoms with E-state index < -0.39 is 0 Å². The Balaban J connectivity index is 2.06.